The first kappa shape index (κ1) is 12.4. The van der Waals surface area contributed by atoms with Crippen LogP contribution in [0, 0.1) is 9.49 Å². The summed E-state index contributed by atoms with van der Waals surface area (Å²) in [6.45, 7) is 1.87. The monoisotopic (exact) mass is 341 g/mol. The molecular weight excluding hydrogens is 332 g/mol. The first-order chi connectivity index (χ1) is 6.93. The molecule has 0 bridgehead atoms. The molecule has 1 atom stereocenters. The second kappa shape index (κ2) is 4.93. The molecule has 0 saturated carbocycles. The maximum atomic E-state index is 11.6. The minimum Gasteiger partial charge on any atom is -0.369 e. The standard InChI is InChI=1S/C8H9ClIN3O2/c1-4(7(11)14)2-13-3-12-6(9)5(10)8(13)15/h3-4H,2H2,1H3,(H2,11,14). The van der Waals surface area contributed by atoms with Gasteiger partial charge in [0.2, 0.25) is 5.91 Å². The maximum absolute atomic E-state index is 11.6. The average molecular weight is 342 g/mol. The summed E-state index contributed by atoms with van der Waals surface area (Å²) in [6.07, 6.45) is 1.31. The molecule has 1 heterocycles. The molecule has 1 aromatic rings. The number of carbonyl (C=O) groups is 1. The van der Waals surface area contributed by atoms with Gasteiger partial charge in [-0.3, -0.25) is 14.2 Å². The van der Waals surface area contributed by atoms with E-state index in [9.17, 15) is 9.59 Å². The molecule has 0 aromatic carbocycles. The van der Waals surface area contributed by atoms with Gasteiger partial charge in [0, 0.05) is 6.54 Å². The van der Waals surface area contributed by atoms with Gasteiger partial charge in [0.1, 0.15) is 8.72 Å². The lowest BCUT2D eigenvalue weighted by Crippen LogP contribution is -2.31. The number of halogens is 2. The number of aromatic nitrogens is 2. The van der Waals surface area contributed by atoms with Crippen LogP contribution in [0.4, 0.5) is 0 Å². The number of hydrogen-bond donors (Lipinski definition) is 1. The molecule has 5 nitrogen and oxygen atoms in total. The van der Waals surface area contributed by atoms with Crippen LogP contribution in [-0.4, -0.2) is 15.5 Å². The van der Waals surface area contributed by atoms with Gasteiger partial charge in [-0.1, -0.05) is 18.5 Å². The summed E-state index contributed by atoms with van der Waals surface area (Å²) in [5.41, 5.74) is 4.84. The summed E-state index contributed by atoms with van der Waals surface area (Å²) in [6, 6.07) is 0. The predicted molar refractivity (Wildman–Crippen MR) is 64.6 cm³/mol. The fourth-order valence-corrected chi connectivity index (χ4v) is 1.53. The zero-order valence-electron chi connectivity index (χ0n) is 7.91. The third-order valence-electron chi connectivity index (χ3n) is 1.90. The van der Waals surface area contributed by atoms with Crippen LogP contribution < -0.4 is 11.3 Å². The highest BCUT2D eigenvalue weighted by molar-refractivity contribution is 14.1. The summed E-state index contributed by atoms with van der Waals surface area (Å²) < 4.78 is 1.66. The zero-order valence-corrected chi connectivity index (χ0v) is 10.8. The number of hydrogen-bond acceptors (Lipinski definition) is 3. The van der Waals surface area contributed by atoms with Gasteiger partial charge >= 0.3 is 0 Å². The van der Waals surface area contributed by atoms with Gasteiger partial charge in [-0.25, -0.2) is 4.98 Å². The maximum Gasteiger partial charge on any atom is 0.268 e. The van der Waals surface area contributed by atoms with E-state index in [1.165, 1.54) is 10.9 Å². The van der Waals surface area contributed by atoms with Crippen molar-refractivity contribution < 1.29 is 4.79 Å². The Morgan fingerprint density at radius 2 is 2.40 bits per heavy atom. The quantitative estimate of drug-likeness (QED) is 0.647. The van der Waals surface area contributed by atoms with E-state index in [0.29, 0.717) is 3.57 Å². The van der Waals surface area contributed by atoms with Gasteiger partial charge in [-0.2, -0.15) is 0 Å². The molecule has 7 heteroatoms. The van der Waals surface area contributed by atoms with E-state index >= 15 is 0 Å². The van der Waals surface area contributed by atoms with Crippen LogP contribution in [0.25, 0.3) is 0 Å². The molecule has 0 fully saturated rings. The summed E-state index contributed by atoms with van der Waals surface area (Å²) in [5, 5.41) is 0.170. The third-order valence-corrected chi connectivity index (χ3v) is 3.47. The van der Waals surface area contributed by atoms with Crippen molar-refractivity contribution in [3.8, 4) is 0 Å². The lowest BCUT2D eigenvalue weighted by molar-refractivity contribution is -0.121. The zero-order chi connectivity index (χ0) is 11.6. The van der Waals surface area contributed by atoms with E-state index in [2.05, 4.69) is 4.98 Å². The fraction of sp³-hybridized carbons (Fsp3) is 0.375. The summed E-state index contributed by atoms with van der Waals surface area (Å²) in [7, 11) is 0. The third kappa shape index (κ3) is 2.91. The first-order valence-corrected chi connectivity index (χ1v) is 5.59. The smallest absolute Gasteiger partial charge is 0.268 e. The highest BCUT2D eigenvalue weighted by Crippen LogP contribution is 2.09. The molecule has 1 amide bonds. The van der Waals surface area contributed by atoms with Crippen molar-refractivity contribution in [2.75, 3.05) is 0 Å². The topological polar surface area (TPSA) is 78.0 Å². The lowest BCUT2D eigenvalue weighted by atomic mass is 10.2. The molecule has 0 aliphatic heterocycles. The number of primary amides is 1. The lowest BCUT2D eigenvalue weighted by Gasteiger charge is -2.09. The molecule has 82 valence electrons. The highest BCUT2D eigenvalue weighted by atomic mass is 127. The van der Waals surface area contributed by atoms with Gasteiger partial charge in [-0.05, 0) is 22.6 Å². The number of nitrogens with zero attached hydrogens (tertiary/aromatic N) is 2. The minimum absolute atomic E-state index is 0.170. The van der Waals surface area contributed by atoms with E-state index in [-0.39, 0.29) is 17.3 Å². The molecular formula is C8H9ClIN3O2. The Bertz CT molecular complexity index is 446. The Hall–Kier alpha value is -0.630. The van der Waals surface area contributed by atoms with Crippen molar-refractivity contribution in [3.05, 3.63) is 25.4 Å². The number of rotatable bonds is 3. The van der Waals surface area contributed by atoms with Crippen LogP contribution in [-0.2, 0) is 11.3 Å². The molecule has 0 aliphatic rings. The predicted octanol–water partition coefficient (Wildman–Crippen LogP) is 0.623. The van der Waals surface area contributed by atoms with Gasteiger partial charge in [-0.15, -0.1) is 0 Å². The SMILES string of the molecule is CC(Cn1cnc(Cl)c(I)c1=O)C(N)=O. The van der Waals surface area contributed by atoms with E-state index in [1.54, 1.807) is 6.92 Å². The summed E-state index contributed by atoms with van der Waals surface area (Å²) >= 11 is 7.48. The largest absolute Gasteiger partial charge is 0.369 e. The number of carbonyl (C=O) groups excluding carboxylic acids is 1. The first-order valence-electron chi connectivity index (χ1n) is 4.13. The average Bonchev–Trinajstić information content (AvgIpc) is 2.18. The Morgan fingerprint density at radius 1 is 1.80 bits per heavy atom. The fourth-order valence-electron chi connectivity index (χ4n) is 0.959. The Balaban J connectivity index is 3.02. The van der Waals surface area contributed by atoms with Crippen LogP contribution in [0.2, 0.25) is 5.15 Å². The molecule has 1 aromatic heterocycles. The Labute approximate surface area is 105 Å². The molecule has 1 unspecified atom stereocenters. The van der Waals surface area contributed by atoms with E-state index < -0.39 is 11.8 Å². The van der Waals surface area contributed by atoms with Crippen LogP contribution in [0.3, 0.4) is 0 Å². The molecule has 0 saturated heterocycles. The van der Waals surface area contributed by atoms with E-state index in [0.717, 1.165) is 0 Å². The Kier molecular flexibility index (Phi) is 4.09. The molecule has 2 N–H and O–H groups in total. The van der Waals surface area contributed by atoms with Crippen LogP contribution >= 0.6 is 34.2 Å². The van der Waals surface area contributed by atoms with E-state index in [4.69, 9.17) is 17.3 Å². The van der Waals surface area contributed by atoms with Crippen molar-refractivity contribution in [1.82, 2.24) is 9.55 Å². The highest BCUT2D eigenvalue weighted by Gasteiger charge is 2.13. The van der Waals surface area contributed by atoms with Crippen molar-refractivity contribution in [2.45, 2.75) is 13.5 Å². The molecule has 1 rings (SSSR count). The van der Waals surface area contributed by atoms with Crippen LogP contribution in [0.15, 0.2) is 11.1 Å². The number of amides is 1. The van der Waals surface area contributed by atoms with Crippen molar-refractivity contribution in [1.29, 1.82) is 0 Å². The van der Waals surface area contributed by atoms with Crippen LogP contribution in [0.1, 0.15) is 6.92 Å². The number of nitrogens with two attached hydrogens (primary N) is 1. The normalized spacial score (nSPS) is 12.5. The minimum atomic E-state index is -0.452. The van der Waals surface area contributed by atoms with Crippen molar-refractivity contribution in [3.63, 3.8) is 0 Å². The molecule has 0 radical (unpaired) electrons. The van der Waals surface area contributed by atoms with Gasteiger partial charge < -0.3 is 5.73 Å². The van der Waals surface area contributed by atoms with Crippen molar-refractivity contribution in [2.24, 2.45) is 11.7 Å². The van der Waals surface area contributed by atoms with Gasteiger partial charge in [0.15, 0.2) is 0 Å². The molecule has 0 spiro atoms. The summed E-state index contributed by atoms with van der Waals surface area (Å²) in [4.78, 5) is 26.3. The van der Waals surface area contributed by atoms with E-state index in [1.807, 2.05) is 22.6 Å². The summed E-state index contributed by atoms with van der Waals surface area (Å²) in [5.74, 6) is -0.867. The molecule has 15 heavy (non-hydrogen) atoms. The van der Waals surface area contributed by atoms with Gasteiger partial charge in [0.25, 0.3) is 5.56 Å². The Morgan fingerprint density at radius 3 is 2.93 bits per heavy atom. The van der Waals surface area contributed by atoms with Crippen molar-refractivity contribution >= 4 is 40.1 Å². The molecule has 0 aliphatic carbocycles. The second-order valence-corrected chi connectivity index (χ2v) is 4.55. The van der Waals surface area contributed by atoms with Crippen LogP contribution in [0.5, 0.6) is 0 Å². The second-order valence-electron chi connectivity index (χ2n) is 3.11. The van der Waals surface area contributed by atoms with Gasteiger partial charge in [0.05, 0.1) is 12.2 Å².